The molecule has 1 aliphatic carbocycles. The quantitative estimate of drug-likeness (QED) is 0.848. The van der Waals surface area contributed by atoms with Gasteiger partial charge in [-0.2, -0.15) is 0 Å². The number of aliphatic carboxylic acids is 1. The van der Waals surface area contributed by atoms with E-state index in [9.17, 15) is 4.79 Å². The number of benzene rings is 1. The number of carboxylic acids is 1. The van der Waals surface area contributed by atoms with Crippen LogP contribution in [-0.4, -0.2) is 17.2 Å². The summed E-state index contributed by atoms with van der Waals surface area (Å²) in [6.07, 6.45) is 4.90. The predicted molar refractivity (Wildman–Crippen MR) is 60.7 cm³/mol. The molecule has 0 atom stereocenters. The Balaban J connectivity index is 2.09. The Bertz CT molecular complexity index is 367. The Kier molecular flexibility index (Phi) is 3.44. The van der Waals surface area contributed by atoms with Gasteiger partial charge in [-0.1, -0.05) is 18.2 Å². The van der Waals surface area contributed by atoms with Crippen molar-refractivity contribution in [1.82, 2.24) is 0 Å². The normalized spacial score (nSPS) is 16.2. The minimum Gasteiger partial charge on any atom is -0.490 e. The molecule has 0 aliphatic heterocycles. The van der Waals surface area contributed by atoms with E-state index in [1.807, 2.05) is 24.3 Å². The fraction of sp³-hybridized carbons (Fsp3) is 0.462. The number of carboxylic acid groups (broad SMARTS) is 1. The van der Waals surface area contributed by atoms with Crippen LogP contribution < -0.4 is 4.74 Å². The van der Waals surface area contributed by atoms with E-state index in [1.165, 1.54) is 12.8 Å². The van der Waals surface area contributed by atoms with E-state index in [-0.39, 0.29) is 12.5 Å². The maximum Gasteiger partial charge on any atom is 0.307 e. The van der Waals surface area contributed by atoms with Gasteiger partial charge in [0.25, 0.3) is 0 Å². The van der Waals surface area contributed by atoms with Crippen LogP contribution in [0, 0.1) is 0 Å². The summed E-state index contributed by atoms with van der Waals surface area (Å²) in [4.78, 5) is 10.7. The van der Waals surface area contributed by atoms with Gasteiger partial charge in [0.05, 0.1) is 12.5 Å². The molecule has 1 aliphatic rings. The van der Waals surface area contributed by atoms with Gasteiger partial charge in [0.1, 0.15) is 5.75 Å². The van der Waals surface area contributed by atoms with Crippen molar-refractivity contribution in [3.63, 3.8) is 0 Å². The van der Waals surface area contributed by atoms with Gasteiger partial charge in [0.2, 0.25) is 0 Å². The number of ether oxygens (including phenoxy) is 1. The lowest BCUT2D eigenvalue weighted by Gasteiger charge is -2.15. The summed E-state index contributed by atoms with van der Waals surface area (Å²) in [5, 5.41) is 8.80. The third-order valence-corrected chi connectivity index (χ3v) is 2.91. The fourth-order valence-electron chi connectivity index (χ4n) is 2.11. The number of hydrogen-bond donors (Lipinski definition) is 1. The predicted octanol–water partition coefficient (Wildman–Crippen LogP) is 2.64. The second kappa shape index (κ2) is 5.01. The topological polar surface area (TPSA) is 46.5 Å². The van der Waals surface area contributed by atoms with E-state index in [2.05, 4.69) is 0 Å². The van der Waals surface area contributed by atoms with Crippen molar-refractivity contribution in [1.29, 1.82) is 0 Å². The van der Waals surface area contributed by atoms with Crippen molar-refractivity contribution in [2.45, 2.75) is 38.2 Å². The molecular weight excluding hydrogens is 204 g/mol. The molecule has 2 rings (SSSR count). The molecule has 0 bridgehead atoms. The molecule has 3 nitrogen and oxygen atoms in total. The molecule has 0 heterocycles. The Morgan fingerprint density at radius 3 is 2.69 bits per heavy atom. The molecule has 0 unspecified atom stereocenters. The molecule has 16 heavy (non-hydrogen) atoms. The molecule has 0 aromatic heterocycles. The first kappa shape index (κ1) is 11.0. The van der Waals surface area contributed by atoms with Gasteiger partial charge in [0.15, 0.2) is 0 Å². The Morgan fingerprint density at radius 2 is 2.00 bits per heavy atom. The minimum absolute atomic E-state index is 0.0306. The van der Waals surface area contributed by atoms with E-state index in [4.69, 9.17) is 9.84 Å². The summed E-state index contributed by atoms with van der Waals surface area (Å²) in [6.45, 7) is 0. The average Bonchev–Trinajstić information content (AvgIpc) is 2.73. The molecule has 0 amide bonds. The molecule has 0 spiro atoms. The van der Waals surface area contributed by atoms with Crippen molar-refractivity contribution in [3.05, 3.63) is 29.8 Å². The van der Waals surface area contributed by atoms with Crippen LogP contribution in [0.1, 0.15) is 31.2 Å². The fourth-order valence-corrected chi connectivity index (χ4v) is 2.11. The first-order chi connectivity index (χ1) is 7.75. The van der Waals surface area contributed by atoms with Gasteiger partial charge in [-0.3, -0.25) is 4.79 Å². The molecule has 86 valence electrons. The molecular formula is C13H16O3. The van der Waals surface area contributed by atoms with Crippen LogP contribution in [0.25, 0.3) is 0 Å². The molecule has 0 saturated heterocycles. The maximum atomic E-state index is 10.7. The van der Waals surface area contributed by atoms with Crippen LogP contribution in [0.2, 0.25) is 0 Å². The number of rotatable bonds is 4. The highest BCUT2D eigenvalue weighted by atomic mass is 16.5. The second-order valence-corrected chi connectivity index (χ2v) is 4.20. The van der Waals surface area contributed by atoms with Crippen molar-refractivity contribution >= 4 is 5.97 Å². The standard InChI is InChI=1S/C13H16O3/c14-13(15)9-10-5-1-4-8-12(10)16-11-6-2-3-7-11/h1,4-5,8,11H,2-3,6-7,9H2,(H,14,15). The van der Waals surface area contributed by atoms with Gasteiger partial charge < -0.3 is 9.84 Å². The van der Waals surface area contributed by atoms with Gasteiger partial charge in [0, 0.05) is 5.56 Å². The highest BCUT2D eigenvalue weighted by Gasteiger charge is 2.18. The van der Waals surface area contributed by atoms with Crippen LogP contribution in [-0.2, 0) is 11.2 Å². The van der Waals surface area contributed by atoms with E-state index in [1.54, 1.807) is 0 Å². The van der Waals surface area contributed by atoms with E-state index < -0.39 is 5.97 Å². The summed E-state index contributed by atoms with van der Waals surface area (Å²) >= 11 is 0. The third kappa shape index (κ3) is 2.75. The van der Waals surface area contributed by atoms with Crippen LogP contribution in [0.15, 0.2) is 24.3 Å². The summed E-state index contributed by atoms with van der Waals surface area (Å²) in [7, 11) is 0. The van der Waals surface area contributed by atoms with E-state index >= 15 is 0 Å². The van der Waals surface area contributed by atoms with Crippen molar-refractivity contribution in [2.75, 3.05) is 0 Å². The van der Waals surface area contributed by atoms with Crippen LogP contribution >= 0.6 is 0 Å². The van der Waals surface area contributed by atoms with E-state index in [0.29, 0.717) is 0 Å². The largest absolute Gasteiger partial charge is 0.490 e. The number of hydrogen-bond acceptors (Lipinski definition) is 2. The van der Waals surface area contributed by atoms with Gasteiger partial charge in [-0.25, -0.2) is 0 Å². The van der Waals surface area contributed by atoms with Gasteiger partial charge in [-0.15, -0.1) is 0 Å². The molecule has 0 radical (unpaired) electrons. The highest BCUT2D eigenvalue weighted by molar-refractivity contribution is 5.71. The first-order valence-electron chi connectivity index (χ1n) is 5.72. The molecule has 1 aromatic carbocycles. The molecule has 3 heteroatoms. The van der Waals surface area contributed by atoms with Crippen molar-refractivity contribution in [3.8, 4) is 5.75 Å². The molecule has 1 saturated carbocycles. The minimum atomic E-state index is -0.817. The van der Waals surface area contributed by atoms with Crippen molar-refractivity contribution < 1.29 is 14.6 Å². The van der Waals surface area contributed by atoms with Crippen LogP contribution in [0.4, 0.5) is 0 Å². The number of para-hydroxylation sites is 1. The monoisotopic (exact) mass is 220 g/mol. The second-order valence-electron chi connectivity index (χ2n) is 4.20. The smallest absolute Gasteiger partial charge is 0.307 e. The molecule has 1 aromatic rings. The number of carbonyl (C=O) groups is 1. The Morgan fingerprint density at radius 1 is 1.31 bits per heavy atom. The molecule has 1 fully saturated rings. The summed E-state index contributed by atoms with van der Waals surface area (Å²) < 4.78 is 5.84. The third-order valence-electron chi connectivity index (χ3n) is 2.91. The van der Waals surface area contributed by atoms with Crippen molar-refractivity contribution in [2.24, 2.45) is 0 Å². The lowest BCUT2D eigenvalue weighted by atomic mass is 10.1. The van der Waals surface area contributed by atoms with Gasteiger partial charge >= 0.3 is 5.97 Å². The summed E-state index contributed by atoms with van der Waals surface area (Å²) in [5.74, 6) is -0.0840. The van der Waals surface area contributed by atoms with E-state index in [0.717, 1.165) is 24.2 Å². The lowest BCUT2D eigenvalue weighted by molar-refractivity contribution is -0.136. The summed E-state index contributed by atoms with van der Waals surface area (Å²) in [6, 6.07) is 7.41. The molecule has 1 N–H and O–H groups in total. The maximum absolute atomic E-state index is 10.7. The average molecular weight is 220 g/mol. The van der Waals surface area contributed by atoms with Crippen LogP contribution in [0.5, 0.6) is 5.75 Å². The lowest BCUT2D eigenvalue weighted by Crippen LogP contribution is -2.13. The first-order valence-corrected chi connectivity index (χ1v) is 5.72. The summed E-state index contributed by atoms with van der Waals surface area (Å²) in [5.41, 5.74) is 0.766. The zero-order chi connectivity index (χ0) is 11.4. The SMILES string of the molecule is O=C(O)Cc1ccccc1OC1CCCC1. The zero-order valence-corrected chi connectivity index (χ0v) is 9.19. The zero-order valence-electron chi connectivity index (χ0n) is 9.19. The highest BCUT2D eigenvalue weighted by Crippen LogP contribution is 2.26. The Hall–Kier alpha value is -1.51. The van der Waals surface area contributed by atoms with Gasteiger partial charge in [-0.05, 0) is 31.7 Å². The van der Waals surface area contributed by atoms with Crippen LogP contribution in [0.3, 0.4) is 0 Å². The Labute approximate surface area is 95.0 Å².